The molecule has 3 heteroatoms. The molecule has 3 nitrogen and oxygen atoms in total. The van der Waals surface area contributed by atoms with Gasteiger partial charge in [-0.05, 0) is 37.6 Å². The van der Waals surface area contributed by atoms with Gasteiger partial charge < -0.3 is 10.2 Å². The van der Waals surface area contributed by atoms with Gasteiger partial charge in [-0.3, -0.25) is 4.79 Å². The maximum atomic E-state index is 12.2. The van der Waals surface area contributed by atoms with Crippen LogP contribution in [0.4, 0.5) is 0 Å². The van der Waals surface area contributed by atoms with Gasteiger partial charge in [-0.15, -0.1) is 0 Å². The summed E-state index contributed by atoms with van der Waals surface area (Å²) >= 11 is 0. The molecular formula is C12H22N2O. The van der Waals surface area contributed by atoms with Crippen molar-refractivity contribution in [3.8, 4) is 0 Å². The molecule has 2 heterocycles. The van der Waals surface area contributed by atoms with Gasteiger partial charge in [0.1, 0.15) is 0 Å². The highest BCUT2D eigenvalue weighted by Crippen LogP contribution is 2.22. The molecule has 0 aromatic rings. The molecular weight excluding hydrogens is 188 g/mol. The van der Waals surface area contributed by atoms with E-state index in [1.807, 2.05) is 0 Å². The van der Waals surface area contributed by atoms with E-state index in [-0.39, 0.29) is 6.04 Å². The zero-order valence-electron chi connectivity index (χ0n) is 9.83. The van der Waals surface area contributed by atoms with Gasteiger partial charge in [0, 0.05) is 13.1 Å². The SMILES string of the molecule is CC1CC(C)CN(C(=O)[C@H]2CCCN2)C1. The van der Waals surface area contributed by atoms with E-state index >= 15 is 0 Å². The van der Waals surface area contributed by atoms with Crippen LogP contribution < -0.4 is 5.32 Å². The van der Waals surface area contributed by atoms with Crippen LogP contribution in [0, 0.1) is 11.8 Å². The Hall–Kier alpha value is -0.570. The number of hydrogen-bond donors (Lipinski definition) is 1. The van der Waals surface area contributed by atoms with E-state index in [0.29, 0.717) is 17.7 Å². The number of carbonyl (C=O) groups excluding carboxylic acids is 1. The van der Waals surface area contributed by atoms with Crippen molar-refractivity contribution in [2.24, 2.45) is 11.8 Å². The Labute approximate surface area is 92.2 Å². The lowest BCUT2D eigenvalue weighted by molar-refractivity contribution is -0.135. The molecule has 2 saturated heterocycles. The molecule has 0 spiro atoms. The third kappa shape index (κ3) is 2.51. The van der Waals surface area contributed by atoms with Crippen molar-refractivity contribution in [1.82, 2.24) is 10.2 Å². The van der Waals surface area contributed by atoms with Gasteiger partial charge in [-0.2, -0.15) is 0 Å². The van der Waals surface area contributed by atoms with Crippen molar-refractivity contribution in [2.45, 2.75) is 39.2 Å². The molecule has 3 atom stereocenters. The van der Waals surface area contributed by atoms with Crippen LogP contribution in [0.25, 0.3) is 0 Å². The maximum absolute atomic E-state index is 12.2. The number of likely N-dealkylation sites (tertiary alicyclic amines) is 1. The predicted octanol–water partition coefficient (Wildman–Crippen LogP) is 1.24. The summed E-state index contributed by atoms with van der Waals surface area (Å²) in [5.41, 5.74) is 0. The average molecular weight is 210 g/mol. The van der Waals surface area contributed by atoms with Crippen molar-refractivity contribution < 1.29 is 4.79 Å². The molecule has 2 aliphatic heterocycles. The Morgan fingerprint density at radius 3 is 2.47 bits per heavy atom. The monoisotopic (exact) mass is 210 g/mol. The molecule has 1 amide bonds. The Balaban J connectivity index is 1.93. The number of piperidine rings is 1. The third-order valence-corrected chi connectivity index (χ3v) is 3.54. The molecule has 0 saturated carbocycles. The quantitative estimate of drug-likeness (QED) is 0.706. The van der Waals surface area contributed by atoms with Gasteiger partial charge in [0.2, 0.25) is 5.91 Å². The van der Waals surface area contributed by atoms with Crippen LogP contribution >= 0.6 is 0 Å². The third-order valence-electron chi connectivity index (χ3n) is 3.54. The summed E-state index contributed by atoms with van der Waals surface area (Å²) in [4.78, 5) is 14.2. The van der Waals surface area contributed by atoms with E-state index in [0.717, 1.165) is 32.5 Å². The van der Waals surface area contributed by atoms with Crippen molar-refractivity contribution in [3.05, 3.63) is 0 Å². The lowest BCUT2D eigenvalue weighted by Crippen LogP contribution is -2.49. The molecule has 0 aliphatic carbocycles. The maximum Gasteiger partial charge on any atom is 0.239 e. The van der Waals surface area contributed by atoms with Crippen LogP contribution in [0.3, 0.4) is 0 Å². The minimum absolute atomic E-state index is 0.113. The van der Waals surface area contributed by atoms with Gasteiger partial charge in [0.25, 0.3) is 0 Å². The smallest absolute Gasteiger partial charge is 0.239 e. The number of amides is 1. The summed E-state index contributed by atoms with van der Waals surface area (Å²) in [6.45, 7) is 7.42. The largest absolute Gasteiger partial charge is 0.341 e. The second-order valence-corrected chi connectivity index (χ2v) is 5.34. The molecule has 2 fully saturated rings. The van der Waals surface area contributed by atoms with Gasteiger partial charge in [0.05, 0.1) is 6.04 Å². The van der Waals surface area contributed by atoms with E-state index in [9.17, 15) is 4.79 Å². The number of rotatable bonds is 1. The van der Waals surface area contributed by atoms with E-state index in [4.69, 9.17) is 0 Å². The Morgan fingerprint density at radius 2 is 1.93 bits per heavy atom. The normalized spacial score (nSPS) is 36.9. The number of nitrogens with one attached hydrogen (secondary N) is 1. The zero-order chi connectivity index (χ0) is 10.8. The molecule has 2 unspecified atom stereocenters. The summed E-state index contributed by atoms with van der Waals surface area (Å²) in [7, 11) is 0. The molecule has 0 radical (unpaired) electrons. The molecule has 86 valence electrons. The van der Waals surface area contributed by atoms with Crippen molar-refractivity contribution >= 4 is 5.91 Å². The van der Waals surface area contributed by atoms with Gasteiger partial charge in [-0.25, -0.2) is 0 Å². The standard InChI is InChI=1S/C12H22N2O/c1-9-6-10(2)8-14(7-9)12(15)11-4-3-5-13-11/h9-11,13H,3-8H2,1-2H3/t9?,10?,11-/m1/s1. The van der Waals surface area contributed by atoms with Crippen LogP contribution in [-0.4, -0.2) is 36.5 Å². The number of carbonyl (C=O) groups is 1. The van der Waals surface area contributed by atoms with Crippen LogP contribution in [0.15, 0.2) is 0 Å². The summed E-state index contributed by atoms with van der Waals surface area (Å²) < 4.78 is 0. The fourth-order valence-corrected chi connectivity index (χ4v) is 2.96. The molecule has 1 N–H and O–H groups in total. The summed E-state index contributed by atoms with van der Waals surface area (Å²) in [5.74, 6) is 1.67. The number of hydrogen-bond acceptors (Lipinski definition) is 2. The first-order valence-electron chi connectivity index (χ1n) is 6.19. The van der Waals surface area contributed by atoms with Crippen LogP contribution in [0.5, 0.6) is 0 Å². The molecule has 2 rings (SSSR count). The Bertz CT molecular complexity index is 226. The highest BCUT2D eigenvalue weighted by atomic mass is 16.2. The van der Waals surface area contributed by atoms with E-state index in [2.05, 4.69) is 24.1 Å². The highest BCUT2D eigenvalue weighted by Gasteiger charge is 2.31. The average Bonchev–Trinajstić information content (AvgIpc) is 2.67. The van der Waals surface area contributed by atoms with Crippen LogP contribution in [-0.2, 0) is 4.79 Å². The Kier molecular flexibility index (Phi) is 3.29. The van der Waals surface area contributed by atoms with Crippen LogP contribution in [0.2, 0.25) is 0 Å². The minimum Gasteiger partial charge on any atom is -0.341 e. The molecule has 0 bridgehead atoms. The highest BCUT2D eigenvalue weighted by molar-refractivity contribution is 5.82. The fourth-order valence-electron chi connectivity index (χ4n) is 2.96. The lowest BCUT2D eigenvalue weighted by Gasteiger charge is -2.36. The van der Waals surface area contributed by atoms with Crippen molar-refractivity contribution in [3.63, 3.8) is 0 Å². The summed E-state index contributed by atoms with van der Waals surface area (Å²) in [6, 6.07) is 0.113. The number of nitrogens with zero attached hydrogens (tertiary/aromatic N) is 1. The lowest BCUT2D eigenvalue weighted by atomic mass is 9.91. The van der Waals surface area contributed by atoms with Crippen molar-refractivity contribution in [2.75, 3.05) is 19.6 Å². The first-order valence-corrected chi connectivity index (χ1v) is 6.19. The molecule has 0 aromatic heterocycles. The Morgan fingerprint density at radius 1 is 1.27 bits per heavy atom. The first-order chi connectivity index (χ1) is 7.16. The molecule has 2 aliphatic rings. The van der Waals surface area contributed by atoms with Gasteiger partial charge in [-0.1, -0.05) is 13.8 Å². The fraction of sp³-hybridized carbons (Fsp3) is 0.917. The van der Waals surface area contributed by atoms with E-state index in [1.54, 1.807) is 0 Å². The second kappa shape index (κ2) is 4.52. The van der Waals surface area contributed by atoms with E-state index in [1.165, 1.54) is 6.42 Å². The summed E-state index contributed by atoms with van der Waals surface area (Å²) in [5, 5.41) is 3.29. The predicted molar refractivity (Wildman–Crippen MR) is 60.5 cm³/mol. The van der Waals surface area contributed by atoms with Crippen molar-refractivity contribution in [1.29, 1.82) is 0 Å². The van der Waals surface area contributed by atoms with Gasteiger partial charge in [0.15, 0.2) is 0 Å². The van der Waals surface area contributed by atoms with Crippen LogP contribution in [0.1, 0.15) is 33.1 Å². The molecule has 0 aromatic carbocycles. The van der Waals surface area contributed by atoms with Gasteiger partial charge >= 0.3 is 0 Å². The van der Waals surface area contributed by atoms with E-state index < -0.39 is 0 Å². The zero-order valence-corrected chi connectivity index (χ0v) is 9.83. The molecule has 15 heavy (non-hydrogen) atoms. The topological polar surface area (TPSA) is 32.3 Å². The summed E-state index contributed by atoms with van der Waals surface area (Å²) in [6.07, 6.45) is 3.44. The second-order valence-electron chi connectivity index (χ2n) is 5.34. The first kappa shape index (κ1) is 10.9. The minimum atomic E-state index is 0.113.